The quantitative estimate of drug-likeness (QED) is 0.597. The lowest BCUT2D eigenvalue weighted by Crippen LogP contribution is -2.47. The van der Waals surface area contributed by atoms with Gasteiger partial charge in [0, 0.05) is 52.1 Å². The number of aryl methyl sites for hydroxylation is 1. The molecule has 29 heavy (non-hydrogen) atoms. The van der Waals surface area contributed by atoms with Crippen LogP contribution in [0.1, 0.15) is 36.9 Å². The van der Waals surface area contributed by atoms with Crippen LogP contribution in [0.25, 0.3) is 5.65 Å². The van der Waals surface area contributed by atoms with Crippen LogP contribution in [0.2, 0.25) is 0 Å². The van der Waals surface area contributed by atoms with E-state index >= 15 is 0 Å². The second-order valence-electron chi connectivity index (χ2n) is 8.03. The SMILES string of the molecule is CN=C(NCCc1cn2cccc(C)c2n1)N1CCC(OCC2CCCO2)CC1. The molecule has 1 unspecified atom stereocenters. The van der Waals surface area contributed by atoms with E-state index in [0.29, 0.717) is 12.2 Å². The summed E-state index contributed by atoms with van der Waals surface area (Å²) in [6, 6.07) is 4.16. The molecule has 1 atom stereocenters. The lowest BCUT2D eigenvalue weighted by atomic mass is 10.1. The van der Waals surface area contributed by atoms with E-state index in [1.807, 2.05) is 7.05 Å². The van der Waals surface area contributed by atoms with Crippen LogP contribution in [-0.2, 0) is 15.9 Å². The zero-order valence-corrected chi connectivity index (χ0v) is 17.6. The molecule has 0 spiro atoms. The number of pyridine rings is 1. The van der Waals surface area contributed by atoms with Crippen molar-refractivity contribution in [2.24, 2.45) is 4.99 Å². The Labute approximate surface area is 173 Å². The Morgan fingerprint density at radius 1 is 1.34 bits per heavy atom. The summed E-state index contributed by atoms with van der Waals surface area (Å²) in [4.78, 5) is 11.6. The van der Waals surface area contributed by atoms with E-state index in [0.717, 1.165) is 75.8 Å². The third-order valence-electron chi connectivity index (χ3n) is 5.89. The Bertz CT molecular complexity index is 820. The fourth-order valence-corrected chi connectivity index (χ4v) is 4.21. The van der Waals surface area contributed by atoms with Crippen molar-refractivity contribution in [2.75, 3.05) is 39.9 Å². The average Bonchev–Trinajstić information content (AvgIpc) is 3.40. The molecule has 1 N–H and O–H groups in total. The first-order valence-corrected chi connectivity index (χ1v) is 10.8. The van der Waals surface area contributed by atoms with Crippen molar-refractivity contribution in [1.82, 2.24) is 19.6 Å². The molecular weight excluding hydrogens is 366 g/mol. The number of fused-ring (bicyclic) bond motifs is 1. The molecule has 0 radical (unpaired) electrons. The molecular formula is C22H33N5O2. The zero-order valence-electron chi connectivity index (χ0n) is 17.6. The van der Waals surface area contributed by atoms with Gasteiger partial charge in [-0.05, 0) is 44.2 Å². The van der Waals surface area contributed by atoms with Crippen molar-refractivity contribution < 1.29 is 9.47 Å². The number of guanidine groups is 1. The lowest BCUT2D eigenvalue weighted by molar-refractivity contribution is -0.0367. The highest BCUT2D eigenvalue weighted by atomic mass is 16.5. The first-order valence-electron chi connectivity index (χ1n) is 10.8. The first kappa shape index (κ1) is 20.2. The van der Waals surface area contributed by atoms with Crippen LogP contribution >= 0.6 is 0 Å². The predicted molar refractivity (Wildman–Crippen MR) is 115 cm³/mol. The highest BCUT2D eigenvalue weighted by Crippen LogP contribution is 2.18. The number of rotatable bonds is 6. The number of nitrogens with one attached hydrogen (secondary N) is 1. The number of hydrogen-bond acceptors (Lipinski definition) is 4. The maximum atomic E-state index is 6.08. The number of piperidine rings is 1. The van der Waals surface area contributed by atoms with Gasteiger partial charge in [0.15, 0.2) is 5.96 Å². The van der Waals surface area contributed by atoms with Crippen molar-refractivity contribution in [1.29, 1.82) is 0 Å². The van der Waals surface area contributed by atoms with Crippen LogP contribution < -0.4 is 5.32 Å². The summed E-state index contributed by atoms with van der Waals surface area (Å²) in [7, 11) is 1.86. The Morgan fingerprint density at radius 3 is 2.93 bits per heavy atom. The minimum Gasteiger partial charge on any atom is -0.376 e. The normalized spacial score (nSPS) is 21.2. The molecule has 2 fully saturated rings. The van der Waals surface area contributed by atoms with Gasteiger partial charge in [-0.25, -0.2) is 4.98 Å². The molecule has 0 saturated carbocycles. The molecule has 2 aliphatic rings. The van der Waals surface area contributed by atoms with E-state index < -0.39 is 0 Å². The number of nitrogens with zero attached hydrogens (tertiary/aromatic N) is 4. The van der Waals surface area contributed by atoms with Crippen LogP contribution in [0.4, 0.5) is 0 Å². The van der Waals surface area contributed by atoms with Gasteiger partial charge >= 0.3 is 0 Å². The zero-order chi connectivity index (χ0) is 20.1. The number of likely N-dealkylation sites (tertiary alicyclic amines) is 1. The second-order valence-corrected chi connectivity index (χ2v) is 8.03. The van der Waals surface area contributed by atoms with Crippen LogP contribution in [0, 0.1) is 6.92 Å². The smallest absolute Gasteiger partial charge is 0.193 e. The predicted octanol–water partition coefficient (Wildman–Crippen LogP) is 2.42. The fraction of sp³-hybridized carbons (Fsp3) is 0.636. The molecule has 0 aromatic carbocycles. The van der Waals surface area contributed by atoms with E-state index in [1.165, 1.54) is 12.0 Å². The maximum Gasteiger partial charge on any atom is 0.193 e. The van der Waals surface area contributed by atoms with Crippen LogP contribution in [0.15, 0.2) is 29.5 Å². The topological polar surface area (TPSA) is 63.4 Å². The lowest BCUT2D eigenvalue weighted by Gasteiger charge is -2.34. The van der Waals surface area contributed by atoms with Crippen LogP contribution in [-0.4, -0.2) is 72.3 Å². The van der Waals surface area contributed by atoms with E-state index in [-0.39, 0.29) is 0 Å². The standard InChI is InChI=1S/C22H33N5O2/c1-17-5-3-11-27-15-18(25-21(17)27)7-10-24-22(23-2)26-12-8-19(9-13-26)29-16-20-6-4-14-28-20/h3,5,11,15,19-20H,4,6-10,12-14,16H2,1-2H3,(H,23,24). The molecule has 2 aromatic rings. The number of ether oxygens (including phenoxy) is 2. The van der Waals surface area contributed by atoms with Crippen molar-refractivity contribution in [2.45, 2.75) is 51.2 Å². The Hall–Kier alpha value is -2.12. The summed E-state index contributed by atoms with van der Waals surface area (Å²) in [5.41, 5.74) is 3.34. The Morgan fingerprint density at radius 2 is 2.21 bits per heavy atom. The molecule has 4 rings (SSSR count). The number of hydrogen-bond donors (Lipinski definition) is 1. The second kappa shape index (κ2) is 9.59. The summed E-state index contributed by atoms with van der Waals surface area (Å²) in [6.07, 6.45) is 10.1. The molecule has 2 saturated heterocycles. The number of aliphatic imine (C=N–C) groups is 1. The minimum atomic E-state index is 0.311. The van der Waals surface area contributed by atoms with Crippen molar-refractivity contribution in [3.63, 3.8) is 0 Å². The third-order valence-corrected chi connectivity index (χ3v) is 5.89. The van der Waals surface area contributed by atoms with Crippen molar-refractivity contribution in [3.8, 4) is 0 Å². The fourth-order valence-electron chi connectivity index (χ4n) is 4.21. The summed E-state index contributed by atoms with van der Waals surface area (Å²) < 4.78 is 13.8. The third kappa shape index (κ3) is 5.08. The van der Waals surface area contributed by atoms with Gasteiger partial charge in [0.05, 0.1) is 24.5 Å². The van der Waals surface area contributed by atoms with E-state index in [1.54, 1.807) is 0 Å². The average molecular weight is 400 g/mol. The Kier molecular flexibility index (Phi) is 6.67. The summed E-state index contributed by atoms with van der Waals surface area (Å²) in [6.45, 7) is 6.51. The van der Waals surface area contributed by atoms with Gasteiger partial charge in [-0.1, -0.05) is 6.07 Å². The monoisotopic (exact) mass is 399 g/mol. The summed E-state index contributed by atoms with van der Waals surface area (Å²) in [5, 5.41) is 3.50. The van der Waals surface area contributed by atoms with E-state index in [9.17, 15) is 0 Å². The summed E-state index contributed by atoms with van der Waals surface area (Å²) >= 11 is 0. The van der Waals surface area contributed by atoms with Gasteiger partial charge in [0.2, 0.25) is 0 Å². The van der Waals surface area contributed by atoms with Gasteiger partial charge in [-0.3, -0.25) is 4.99 Å². The number of aromatic nitrogens is 2. The van der Waals surface area contributed by atoms with Crippen molar-refractivity contribution in [3.05, 3.63) is 35.8 Å². The molecule has 0 aliphatic carbocycles. The van der Waals surface area contributed by atoms with E-state index in [4.69, 9.17) is 14.5 Å². The van der Waals surface area contributed by atoms with Crippen molar-refractivity contribution >= 4 is 11.6 Å². The van der Waals surface area contributed by atoms with Crippen LogP contribution in [0.3, 0.4) is 0 Å². The maximum absolute atomic E-state index is 6.08. The largest absolute Gasteiger partial charge is 0.376 e. The molecule has 0 bridgehead atoms. The number of imidazole rings is 1. The molecule has 2 aliphatic heterocycles. The first-order chi connectivity index (χ1) is 14.2. The highest BCUT2D eigenvalue weighted by Gasteiger charge is 2.24. The molecule has 0 amide bonds. The van der Waals surface area contributed by atoms with Gasteiger partial charge < -0.3 is 24.1 Å². The molecule has 7 nitrogen and oxygen atoms in total. The highest BCUT2D eigenvalue weighted by molar-refractivity contribution is 5.80. The van der Waals surface area contributed by atoms with Gasteiger partial charge in [-0.2, -0.15) is 0 Å². The minimum absolute atomic E-state index is 0.311. The summed E-state index contributed by atoms with van der Waals surface area (Å²) in [5.74, 6) is 0.975. The molecule has 158 valence electrons. The van der Waals surface area contributed by atoms with E-state index in [2.05, 4.69) is 51.1 Å². The van der Waals surface area contributed by atoms with Gasteiger partial charge in [0.1, 0.15) is 5.65 Å². The van der Waals surface area contributed by atoms with Gasteiger partial charge in [0.25, 0.3) is 0 Å². The van der Waals surface area contributed by atoms with Crippen LogP contribution in [0.5, 0.6) is 0 Å². The molecule has 2 aromatic heterocycles. The van der Waals surface area contributed by atoms with Gasteiger partial charge in [-0.15, -0.1) is 0 Å². The molecule has 4 heterocycles. The molecule has 7 heteroatoms. The Balaban J connectivity index is 1.20.